The Morgan fingerprint density at radius 1 is 1.24 bits per heavy atom. The van der Waals surface area contributed by atoms with Gasteiger partial charge in [0.25, 0.3) is 11.6 Å². The molecule has 2 aromatic carbocycles. The maximum absolute atomic E-state index is 13.1. The topological polar surface area (TPSA) is 110 Å². The maximum atomic E-state index is 13.1. The van der Waals surface area contributed by atoms with Gasteiger partial charge in [0.05, 0.1) is 34.2 Å². The Bertz CT molecular complexity index is 1020. The van der Waals surface area contributed by atoms with Crippen LogP contribution in [-0.4, -0.2) is 32.3 Å². The predicted octanol–water partition coefficient (Wildman–Crippen LogP) is 2.95. The molecule has 0 unspecified atom stereocenters. The van der Waals surface area contributed by atoms with Crippen LogP contribution < -0.4 is 5.32 Å². The van der Waals surface area contributed by atoms with E-state index in [0.717, 1.165) is 0 Å². The van der Waals surface area contributed by atoms with E-state index in [-0.39, 0.29) is 18.0 Å². The van der Waals surface area contributed by atoms with Crippen molar-refractivity contribution in [1.29, 1.82) is 0 Å². The van der Waals surface area contributed by atoms with Gasteiger partial charge in [0, 0.05) is 18.7 Å². The van der Waals surface area contributed by atoms with Crippen LogP contribution in [0.15, 0.2) is 54.7 Å². The maximum Gasteiger partial charge on any atom is 0.269 e. The first-order valence-electron chi connectivity index (χ1n) is 8.94. The summed E-state index contributed by atoms with van der Waals surface area (Å²) >= 11 is 0. The Hall–Kier alpha value is -3.59. The fraction of sp³-hybridized carbons (Fsp3) is 0.200. The number of nitrogens with one attached hydrogen (secondary N) is 1. The van der Waals surface area contributed by atoms with E-state index in [2.05, 4.69) is 10.4 Å². The summed E-state index contributed by atoms with van der Waals surface area (Å²) in [6.07, 6.45) is 0.929. The Balaban J connectivity index is 1.70. The highest BCUT2D eigenvalue weighted by Gasteiger charge is 2.19. The minimum atomic E-state index is -1.02. The number of non-ortho nitro benzene ring substituents is 1. The van der Waals surface area contributed by atoms with Gasteiger partial charge in [-0.2, -0.15) is 5.10 Å². The number of benzene rings is 2. The summed E-state index contributed by atoms with van der Waals surface area (Å²) in [4.78, 5) is 22.7. The van der Waals surface area contributed by atoms with Gasteiger partial charge < -0.3 is 10.4 Å². The lowest BCUT2D eigenvalue weighted by Crippen LogP contribution is -2.29. The number of nitro benzene ring substituents is 1. The largest absolute Gasteiger partial charge is 0.387 e. The van der Waals surface area contributed by atoms with Gasteiger partial charge in [-0.3, -0.25) is 14.9 Å². The SMILES string of the molecule is CCc1c(C(=O)NC[C@@H](O)c2ccc([N+](=O)[O-])cc2)cnn1-c1ccc(F)cc1. The highest BCUT2D eigenvalue weighted by molar-refractivity contribution is 5.95. The fourth-order valence-electron chi connectivity index (χ4n) is 2.93. The second kappa shape index (κ2) is 8.61. The number of aromatic nitrogens is 2. The number of rotatable bonds is 7. The molecule has 0 saturated carbocycles. The van der Waals surface area contributed by atoms with Gasteiger partial charge in [-0.25, -0.2) is 9.07 Å². The summed E-state index contributed by atoms with van der Waals surface area (Å²) in [7, 11) is 0. The number of hydrogen-bond acceptors (Lipinski definition) is 5. The first-order chi connectivity index (χ1) is 13.9. The Morgan fingerprint density at radius 3 is 2.48 bits per heavy atom. The van der Waals surface area contributed by atoms with Gasteiger partial charge in [-0.15, -0.1) is 0 Å². The molecule has 1 atom stereocenters. The molecule has 2 N–H and O–H groups in total. The smallest absolute Gasteiger partial charge is 0.269 e. The number of carbonyl (C=O) groups is 1. The van der Waals surface area contributed by atoms with Crippen LogP contribution >= 0.6 is 0 Å². The molecule has 3 aromatic rings. The summed E-state index contributed by atoms with van der Waals surface area (Å²) in [5.74, 6) is -0.770. The van der Waals surface area contributed by atoms with Crippen molar-refractivity contribution in [3.05, 3.63) is 87.5 Å². The van der Waals surface area contributed by atoms with Gasteiger partial charge in [0.1, 0.15) is 5.82 Å². The molecule has 0 saturated heterocycles. The minimum absolute atomic E-state index is 0.0679. The standard InChI is InChI=1S/C20H19FN4O4/c1-2-18-17(11-23-24(18)15-9-5-14(21)6-10-15)20(27)22-12-19(26)13-3-7-16(8-4-13)25(28)29/h3-11,19,26H,2,12H2,1H3,(H,22,27)/t19-/m1/s1. The summed E-state index contributed by atoms with van der Waals surface area (Å²) < 4.78 is 14.7. The van der Waals surface area contributed by atoms with E-state index < -0.39 is 16.9 Å². The zero-order chi connectivity index (χ0) is 21.0. The lowest BCUT2D eigenvalue weighted by molar-refractivity contribution is -0.384. The lowest BCUT2D eigenvalue weighted by atomic mass is 10.1. The highest BCUT2D eigenvalue weighted by Crippen LogP contribution is 2.19. The monoisotopic (exact) mass is 398 g/mol. The first kappa shape index (κ1) is 20.2. The number of nitro groups is 1. The van der Waals surface area contributed by atoms with E-state index in [1.807, 2.05) is 6.92 Å². The molecule has 0 aliphatic heterocycles. The molecule has 150 valence electrons. The van der Waals surface area contributed by atoms with E-state index in [1.54, 1.807) is 16.8 Å². The molecule has 1 amide bonds. The minimum Gasteiger partial charge on any atom is -0.387 e. The number of nitrogens with zero attached hydrogens (tertiary/aromatic N) is 3. The molecular weight excluding hydrogens is 379 g/mol. The summed E-state index contributed by atoms with van der Waals surface area (Å²) in [6.45, 7) is 1.81. The van der Waals surface area contributed by atoms with Crippen molar-refractivity contribution in [2.45, 2.75) is 19.4 Å². The number of hydrogen-bond donors (Lipinski definition) is 2. The van der Waals surface area contributed by atoms with Crippen molar-refractivity contribution in [3.8, 4) is 5.69 Å². The van der Waals surface area contributed by atoms with Crippen molar-refractivity contribution in [2.75, 3.05) is 6.54 Å². The van der Waals surface area contributed by atoms with Crippen LogP contribution in [0.3, 0.4) is 0 Å². The molecule has 29 heavy (non-hydrogen) atoms. The van der Waals surface area contributed by atoms with Gasteiger partial charge in [-0.1, -0.05) is 6.92 Å². The predicted molar refractivity (Wildman–Crippen MR) is 103 cm³/mol. The summed E-state index contributed by atoms with van der Waals surface area (Å²) in [5, 5.41) is 27.8. The van der Waals surface area contributed by atoms with Crippen LogP contribution in [0.5, 0.6) is 0 Å². The van der Waals surface area contributed by atoms with E-state index in [9.17, 15) is 24.4 Å². The molecule has 3 rings (SSSR count). The third-order valence-electron chi connectivity index (χ3n) is 4.46. The summed E-state index contributed by atoms with van der Waals surface area (Å²) in [6, 6.07) is 11.2. The number of halogens is 1. The van der Waals surface area contributed by atoms with Gasteiger partial charge in [-0.05, 0) is 48.4 Å². The van der Waals surface area contributed by atoms with Crippen LogP contribution in [0, 0.1) is 15.9 Å². The van der Waals surface area contributed by atoms with Crippen LogP contribution in [0.1, 0.15) is 34.6 Å². The number of carbonyl (C=O) groups excluding carboxylic acids is 1. The average molecular weight is 398 g/mol. The number of amides is 1. The van der Waals surface area contributed by atoms with E-state index in [0.29, 0.717) is 28.9 Å². The fourth-order valence-corrected chi connectivity index (χ4v) is 2.93. The molecule has 1 aromatic heterocycles. The number of aliphatic hydroxyl groups excluding tert-OH is 1. The van der Waals surface area contributed by atoms with Gasteiger partial charge in [0.15, 0.2) is 0 Å². The molecule has 8 nitrogen and oxygen atoms in total. The summed E-state index contributed by atoms with van der Waals surface area (Å²) in [5.41, 5.74) is 2.01. The Labute approximate surface area is 165 Å². The highest BCUT2D eigenvalue weighted by atomic mass is 19.1. The Kier molecular flexibility index (Phi) is 5.99. The molecular formula is C20H19FN4O4. The first-order valence-corrected chi connectivity index (χ1v) is 8.94. The second-order valence-electron chi connectivity index (χ2n) is 6.32. The van der Waals surface area contributed by atoms with Crippen molar-refractivity contribution >= 4 is 11.6 Å². The Morgan fingerprint density at radius 2 is 1.90 bits per heavy atom. The van der Waals surface area contributed by atoms with Crippen LogP contribution in [0.2, 0.25) is 0 Å². The number of aliphatic hydroxyl groups is 1. The molecule has 0 bridgehead atoms. The molecule has 9 heteroatoms. The quantitative estimate of drug-likeness (QED) is 0.470. The zero-order valence-electron chi connectivity index (χ0n) is 15.6. The molecule has 1 heterocycles. The molecule has 0 spiro atoms. The third kappa shape index (κ3) is 4.46. The normalized spacial score (nSPS) is 11.8. The van der Waals surface area contributed by atoms with E-state index in [1.165, 1.54) is 42.6 Å². The van der Waals surface area contributed by atoms with Gasteiger partial charge >= 0.3 is 0 Å². The van der Waals surface area contributed by atoms with Gasteiger partial charge in [0.2, 0.25) is 0 Å². The third-order valence-corrected chi connectivity index (χ3v) is 4.46. The van der Waals surface area contributed by atoms with Crippen molar-refractivity contribution in [3.63, 3.8) is 0 Å². The van der Waals surface area contributed by atoms with E-state index >= 15 is 0 Å². The molecule has 0 aliphatic rings. The average Bonchev–Trinajstić information content (AvgIpc) is 3.16. The second-order valence-corrected chi connectivity index (χ2v) is 6.32. The molecule has 0 radical (unpaired) electrons. The van der Waals surface area contributed by atoms with Crippen LogP contribution in [0.25, 0.3) is 5.69 Å². The van der Waals surface area contributed by atoms with Crippen molar-refractivity contribution < 1.29 is 19.2 Å². The van der Waals surface area contributed by atoms with Crippen molar-refractivity contribution in [1.82, 2.24) is 15.1 Å². The van der Waals surface area contributed by atoms with E-state index in [4.69, 9.17) is 0 Å². The zero-order valence-corrected chi connectivity index (χ0v) is 15.6. The molecule has 0 fully saturated rings. The van der Waals surface area contributed by atoms with Crippen molar-refractivity contribution in [2.24, 2.45) is 0 Å². The molecule has 0 aliphatic carbocycles. The van der Waals surface area contributed by atoms with Crippen LogP contribution in [0.4, 0.5) is 10.1 Å². The van der Waals surface area contributed by atoms with Crippen LogP contribution in [-0.2, 0) is 6.42 Å². The lowest BCUT2D eigenvalue weighted by Gasteiger charge is -2.13.